The highest BCUT2D eigenvalue weighted by molar-refractivity contribution is 6.62. The number of nitrogens with zero attached hydrogens (tertiary/aromatic N) is 1. The molecule has 138 valence electrons. The minimum absolute atomic E-state index is 0.174. The van der Waals surface area contributed by atoms with Crippen LogP contribution in [0.3, 0.4) is 0 Å². The van der Waals surface area contributed by atoms with Gasteiger partial charge in [0.2, 0.25) is 5.91 Å². The largest absolute Gasteiger partial charge is 0.496 e. The van der Waals surface area contributed by atoms with Crippen molar-refractivity contribution < 1.29 is 24.3 Å². The lowest BCUT2D eigenvalue weighted by Crippen LogP contribution is -2.41. The van der Waals surface area contributed by atoms with Gasteiger partial charge in [-0.25, -0.2) is 0 Å². The van der Waals surface area contributed by atoms with Crippen LogP contribution >= 0.6 is 0 Å². The van der Waals surface area contributed by atoms with E-state index in [9.17, 15) is 15.0 Å². The molecule has 3 N–H and O–H groups in total. The second-order valence-electron chi connectivity index (χ2n) is 7.39. The molecule has 1 saturated heterocycles. The molecule has 0 saturated carbocycles. The quantitative estimate of drug-likeness (QED) is 0.638. The van der Waals surface area contributed by atoms with E-state index < -0.39 is 30.5 Å². The van der Waals surface area contributed by atoms with Crippen LogP contribution in [0.1, 0.15) is 52.8 Å². The fraction of sp³-hybridized carbons (Fsp3) is 0.647. The maximum atomic E-state index is 10.8. The predicted octanol–water partition coefficient (Wildman–Crippen LogP) is 0.301. The Morgan fingerprint density at radius 1 is 1.24 bits per heavy atom. The summed E-state index contributed by atoms with van der Waals surface area (Å²) in [5.74, 6) is -0.174. The minimum Gasteiger partial charge on any atom is -0.399 e. The van der Waals surface area contributed by atoms with Crippen LogP contribution in [0.5, 0.6) is 0 Å². The van der Waals surface area contributed by atoms with E-state index in [2.05, 4.69) is 10.3 Å². The number of aromatic nitrogens is 1. The first-order chi connectivity index (χ1) is 11.5. The van der Waals surface area contributed by atoms with Crippen LogP contribution in [0.2, 0.25) is 0 Å². The number of hydrogen-bond donors (Lipinski definition) is 3. The lowest BCUT2D eigenvalue weighted by Gasteiger charge is -2.32. The number of aliphatic hydroxyl groups excluding tert-OH is 2. The first-order valence-electron chi connectivity index (χ1n) is 8.45. The maximum Gasteiger partial charge on any atom is 0.496 e. The van der Waals surface area contributed by atoms with Crippen molar-refractivity contribution in [1.29, 1.82) is 0 Å². The molecule has 2 atom stereocenters. The summed E-state index contributed by atoms with van der Waals surface area (Å²) in [5, 5.41) is 22.8. The summed E-state index contributed by atoms with van der Waals surface area (Å²) in [7, 11) is -0.520. The van der Waals surface area contributed by atoms with Gasteiger partial charge in [-0.2, -0.15) is 0 Å². The lowest BCUT2D eigenvalue weighted by molar-refractivity contribution is -0.119. The number of rotatable bonds is 6. The van der Waals surface area contributed by atoms with E-state index in [0.717, 1.165) is 5.46 Å². The standard InChI is InChI=1S/C17H27BN2O5/c1-11(21)19-9-8-14(22)15(23)13-7-6-12(10-20-13)18-24-16(2,3)17(4,5)25-18/h6-7,10,14-15,22-23H,8-9H2,1-5H3,(H,19,21). The molecule has 2 heterocycles. The molecule has 2 unspecified atom stereocenters. The van der Waals surface area contributed by atoms with Crippen LogP contribution in [0.15, 0.2) is 18.3 Å². The highest BCUT2D eigenvalue weighted by atomic mass is 16.7. The summed E-state index contributed by atoms with van der Waals surface area (Å²) in [6.45, 7) is 9.60. The molecule has 25 heavy (non-hydrogen) atoms. The van der Waals surface area contributed by atoms with E-state index in [1.54, 1.807) is 18.3 Å². The molecule has 1 aromatic rings. The van der Waals surface area contributed by atoms with Crippen molar-refractivity contribution in [3.63, 3.8) is 0 Å². The number of pyridine rings is 1. The Hall–Kier alpha value is -1.48. The molecule has 7 nitrogen and oxygen atoms in total. The van der Waals surface area contributed by atoms with Crippen molar-refractivity contribution in [2.45, 2.75) is 64.4 Å². The van der Waals surface area contributed by atoms with Crippen molar-refractivity contribution in [2.24, 2.45) is 0 Å². The number of amides is 1. The van der Waals surface area contributed by atoms with Crippen molar-refractivity contribution >= 4 is 18.5 Å². The topological polar surface area (TPSA) is 101 Å². The molecule has 0 aromatic carbocycles. The third kappa shape index (κ3) is 4.58. The molecule has 1 fully saturated rings. The second-order valence-corrected chi connectivity index (χ2v) is 7.39. The fourth-order valence-electron chi connectivity index (χ4n) is 2.46. The van der Waals surface area contributed by atoms with Crippen LogP contribution in [0.25, 0.3) is 0 Å². The van der Waals surface area contributed by atoms with Crippen molar-refractivity contribution in [3.05, 3.63) is 24.0 Å². The van der Waals surface area contributed by atoms with E-state index in [4.69, 9.17) is 9.31 Å². The predicted molar refractivity (Wildman–Crippen MR) is 94.2 cm³/mol. The zero-order chi connectivity index (χ0) is 18.8. The Kier molecular flexibility index (Phi) is 5.88. The van der Waals surface area contributed by atoms with Gasteiger partial charge in [-0.05, 0) is 40.2 Å². The summed E-state index contributed by atoms with van der Waals surface area (Å²) in [4.78, 5) is 15.1. The third-order valence-electron chi connectivity index (χ3n) is 4.82. The summed E-state index contributed by atoms with van der Waals surface area (Å²) < 4.78 is 11.9. The average Bonchev–Trinajstić information content (AvgIpc) is 2.74. The molecule has 0 aliphatic carbocycles. The molecule has 0 spiro atoms. The highest BCUT2D eigenvalue weighted by Crippen LogP contribution is 2.36. The number of aliphatic hydroxyl groups is 2. The average molecular weight is 350 g/mol. The van der Waals surface area contributed by atoms with Gasteiger partial charge in [0.15, 0.2) is 0 Å². The van der Waals surface area contributed by atoms with Gasteiger partial charge in [-0.15, -0.1) is 0 Å². The molecule has 1 aromatic heterocycles. The van der Waals surface area contributed by atoms with E-state index >= 15 is 0 Å². The molecule has 1 aliphatic heterocycles. The van der Waals surface area contributed by atoms with Crippen LogP contribution < -0.4 is 10.8 Å². The molecule has 2 rings (SSSR count). The minimum atomic E-state index is -1.12. The Bertz CT molecular complexity index is 590. The fourth-order valence-corrected chi connectivity index (χ4v) is 2.46. The van der Waals surface area contributed by atoms with E-state index in [1.165, 1.54) is 6.92 Å². The van der Waals surface area contributed by atoms with Gasteiger partial charge in [0.25, 0.3) is 0 Å². The molecule has 8 heteroatoms. The molecule has 0 radical (unpaired) electrons. The Morgan fingerprint density at radius 3 is 2.32 bits per heavy atom. The monoisotopic (exact) mass is 350 g/mol. The summed E-state index contributed by atoms with van der Waals surface area (Å²) in [5.41, 5.74) is 0.240. The molecule has 1 aliphatic rings. The first-order valence-corrected chi connectivity index (χ1v) is 8.45. The molecular formula is C17H27BN2O5. The van der Waals surface area contributed by atoms with E-state index in [0.29, 0.717) is 12.2 Å². The second kappa shape index (κ2) is 7.41. The zero-order valence-corrected chi connectivity index (χ0v) is 15.4. The summed E-state index contributed by atoms with van der Waals surface area (Å²) >= 11 is 0. The van der Waals surface area contributed by atoms with E-state index in [1.807, 2.05) is 27.7 Å². The zero-order valence-electron chi connectivity index (χ0n) is 15.4. The Balaban J connectivity index is 1.99. The van der Waals surface area contributed by atoms with Gasteiger partial charge in [0.05, 0.1) is 23.0 Å². The summed E-state index contributed by atoms with van der Waals surface area (Å²) in [6.07, 6.45) is -0.314. The van der Waals surface area contributed by atoms with Crippen LogP contribution in [0.4, 0.5) is 0 Å². The van der Waals surface area contributed by atoms with E-state index in [-0.39, 0.29) is 12.3 Å². The van der Waals surface area contributed by atoms with Gasteiger partial charge in [-0.1, -0.05) is 6.07 Å². The lowest BCUT2D eigenvalue weighted by atomic mass is 9.80. The normalized spacial score (nSPS) is 21.0. The highest BCUT2D eigenvalue weighted by Gasteiger charge is 2.51. The van der Waals surface area contributed by atoms with Gasteiger partial charge in [-0.3, -0.25) is 9.78 Å². The van der Waals surface area contributed by atoms with Gasteiger partial charge in [0.1, 0.15) is 6.10 Å². The van der Waals surface area contributed by atoms with Crippen LogP contribution in [0, 0.1) is 0 Å². The number of carbonyl (C=O) groups is 1. The number of hydrogen-bond acceptors (Lipinski definition) is 6. The first kappa shape index (κ1) is 19.8. The van der Waals surface area contributed by atoms with Crippen LogP contribution in [-0.2, 0) is 14.1 Å². The molecule has 0 bridgehead atoms. The smallest absolute Gasteiger partial charge is 0.399 e. The van der Waals surface area contributed by atoms with Crippen LogP contribution in [-0.4, -0.2) is 52.1 Å². The Labute approximate surface area is 148 Å². The third-order valence-corrected chi connectivity index (χ3v) is 4.82. The van der Waals surface area contributed by atoms with Gasteiger partial charge >= 0.3 is 7.12 Å². The van der Waals surface area contributed by atoms with Crippen molar-refractivity contribution in [2.75, 3.05) is 6.54 Å². The Morgan fingerprint density at radius 2 is 1.84 bits per heavy atom. The summed E-state index contributed by atoms with van der Waals surface area (Å²) in [6, 6.07) is 3.42. The number of carbonyl (C=O) groups excluding carboxylic acids is 1. The SMILES string of the molecule is CC(=O)NCCC(O)C(O)c1ccc(B2OC(C)(C)C(C)(C)O2)cn1. The number of nitrogens with one attached hydrogen (secondary N) is 1. The van der Waals surface area contributed by atoms with Crippen molar-refractivity contribution in [1.82, 2.24) is 10.3 Å². The molecule has 1 amide bonds. The molecular weight excluding hydrogens is 323 g/mol. The van der Waals surface area contributed by atoms with Crippen molar-refractivity contribution in [3.8, 4) is 0 Å². The maximum absolute atomic E-state index is 10.8. The van der Waals surface area contributed by atoms with Gasteiger partial charge in [0, 0.05) is 25.1 Å². The van der Waals surface area contributed by atoms with Gasteiger partial charge < -0.3 is 24.8 Å².